The molecule has 1 aromatic rings. The second kappa shape index (κ2) is 5.05. The fraction of sp³-hybridized carbons (Fsp3) is 0.583. The van der Waals surface area contributed by atoms with Crippen molar-refractivity contribution < 1.29 is 9.53 Å². The first-order valence-electron chi connectivity index (χ1n) is 5.75. The molecule has 0 unspecified atom stereocenters. The predicted molar refractivity (Wildman–Crippen MR) is 59.1 cm³/mol. The Morgan fingerprint density at radius 3 is 2.81 bits per heavy atom. The molecule has 4 heteroatoms. The van der Waals surface area contributed by atoms with Crippen molar-refractivity contribution in [2.24, 2.45) is 0 Å². The fourth-order valence-corrected chi connectivity index (χ4v) is 1.99. The van der Waals surface area contributed by atoms with Crippen molar-refractivity contribution in [3.05, 3.63) is 23.8 Å². The third-order valence-electron chi connectivity index (χ3n) is 2.96. The summed E-state index contributed by atoms with van der Waals surface area (Å²) < 4.78 is 5.44. The summed E-state index contributed by atoms with van der Waals surface area (Å²) >= 11 is 0. The summed E-state index contributed by atoms with van der Waals surface area (Å²) in [4.78, 5) is 19.7. The molecular formula is C12H16N2O2. The van der Waals surface area contributed by atoms with E-state index in [-0.39, 0.29) is 12.1 Å². The Morgan fingerprint density at radius 1 is 1.38 bits per heavy atom. The Labute approximate surface area is 95.1 Å². The number of aryl methyl sites for hydroxylation is 1. The van der Waals surface area contributed by atoms with Crippen molar-refractivity contribution in [2.45, 2.75) is 45.1 Å². The number of carbonyl (C=O) groups is 1. The lowest BCUT2D eigenvalue weighted by Gasteiger charge is -2.21. The molecule has 0 bridgehead atoms. The van der Waals surface area contributed by atoms with Crippen LogP contribution in [-0.2, 0) is 4.74 Å². The number of hydrogen-bond donors (Lipinski definition) is 0. The lowest BCUT2D eigenvalue weighted by atomic mass is 9.98. The Bertz CT molecular complexity index is 373. The summed E-state index contributed by atoms with van der Waals surface area (Å²) in [5, 5.41) is 0. The number of ether oxygens (including phenoxy) is 1. The summed E-state index contributed by atoms with van der Waals surface area (Å²) in [5.74, 6) is -0.287. The smallest absolute Gasteiger partial charge is 0.341 e. The average Bonchev–Trinajstić information content (AvgIpc) is 2.31. The first kappa shape index (κ1) is 11.0. The first-order valence-corrected chi connectivity index (χ1v) is 5.75. The number of rotatable bonds is 2. The van der Waals surface area contributed by atoms with Gasteiger partial charge in [0, 0.05) is 6.20 Å². The second-order valence-corrected chi connectivity index (χ2v) is 4.19. The van der Waals surface area contributed by atoms with Crippen LogP contribution in [0.1, 0.15) is 48.2 Å². The molecule has 86 valence electrons. The van der Waals surface area contributed by atoms with Gasteiger partial charge in [0.05, 0.1) is 11.3 Å². The van der Waals surface area contributed by atoms with Crippen LogP contribution in [0.15, 0.2) is 12.5 Å². The average molecular weight is 220 g/mol. The number of esters is 1. The van der Waals surface area contributed by atoms with Gasteiger partial charge in [0.25, 0.3) is 0 Å². The van der Waals surface area contributed by atoms with Crippen molar-refractivity contribution >= 4 is 5.97 Å². The maximum Gasteiger partial charge on any atom is 0.341 e. The number of aromatic nitrogens is 2. The van der Waals surface area contributed by atoms with Crippen LogP contribution < -0.4 is 0 Å². The summed E-state index contributed by atoms with van der Waals surface area (Å²) in [6.07, 6.45) is 8.57. The Kier molecular flexibility index (Phi) is 3.49. The normalized spacial score (nSPS) is 17.1. The van der Waals surface area contributed by atoms with E-state index in [4.69, 9.17) is 4.74 Å². The van der Waals surface area contributed by atoms with Crippen molar-refractivity contribution in [2.75, 3.05) is 0 Å². The van der Waals surface area contributed by atoms with E-state index in [9.17, 15) is 4.79 Å². The van der Waals surface area contributed by atoms with Gasteiger partial charge < -0.3 is 4.74 Å². The Balaban J connectivity index is 2.00. The van der Waals surface area contributed by atoms with Crippen molar-refractivity contribution in [3.63, 3.8) is 0 Å². The molecule has 1 aliphatic rings. The zero-order valence-electron chi connectivity index (χ0n) is 9.48. The van der Waals surface area contributed by atoms with Crippen LogP contribution in [0, 0.1) is 6.92 Å². The summed E-state index contributed by atoms with van der Waals surface area (Å²) in [7, 11) is 0. The monoisotopic (exact) mass is 220 g/mol. The third kappa shape index (κ3) is 2.56. The summed E-state index contributed by atoms with van der Waals surface area (Å²) in [6.45, 7) is 1.79. The first-order chi connectivity index (χ1) is 7.77. The topological polar surface area (TPSA) is 52.1 Å². The van der Waals surface area contributed by atoms with E-state index in [1.165, 1.54) is 18.9 Å². The summed E-state index contributed by atoms with van der Waals surface area (Å²) in [6, 6.07) is 0. The van der Waals surface area contributed by atoms with E-state index < -0.39 is 0 Å². The zero-order valence-corrected chi connectivity index (χ0v) is 9.48. The van der Waals surface area contributed by atoms with Crippen molar-refractivity contribution in [3.8, 4) is 0 Å². The summed E-state index contributed by atoms with van der Waals surface area (Å²) in [5.41, 5.74) is 1.16. The van der Waals surface area contributed by atoms with Crippen molar-refractivity contribution in [1.29, 1.82) is 0 Å². The largest absolute Gasteiger partial charge is 0.459 e. The molecule has 1 heterocycles. The minimum Gasteiger partial charge on any atom is -0.459 e. The van der Waals surface area contributed by atoms with Crippen LogP contribution >= 0.6 is 0 Å². The molecule has 0 amide bonds. The second-order valence-electron chi connectivity index (χ2n) is 4.19. The van der Waals surface area contributed by atoms with Gasteiger partial charge in [-0.25, -0.2) is 14.8 Å². The van der Waals surface area contributed by atoms with Gasteiger partial charge in [0.15, 0.2) is 0 Å². The highest BCUT2D eigenvalue weighted by atomic mass is 16.5. The highest BCUT2D eigenvalue weighted by molar-refractivity contribution is 5.90. The van der Waals surface area contributed by atoms with Gasteiger partial charge in [-0.05, 0) is 32.6 Å². The molecule has 0 saturated heterocycles. The van der Waals surface area contributed by atoms with Crippen molar-refractivity contribution in [1.82, 2.24) is 9.97 Å². The van der Waals surface area contributed by atoms with Gasteiger partial charge in [-0.2, -0.15) is 0 Å². The maximum atomic E-state index is 11.8. The van der Waals surface area contributed by atoms with Gasteiger partial charge in [-0.3, -0.25) is 0 Å². The minimum absolute atomic E-state index is 0.0841. The molecule has 16 heavy (non-hydrogen) atoms. The van der Waals surface area contributed by atoms with E-state index in [0.717, 1.165) is 25.7 Å². The number of nitrogens with zero attached hydrogens (tertiary/aromatic N) is 2. The van der Waals surface area contributed by atoms with E-state index in [1.54, 1.807) is 6.92 Å². The third-order valence-corrected chi connectivity index (χ3v) is 2.96. The van der Waals surface area contributed by atoms with Gasteiger partial charge in [0.2, 0.25) is 0 Å². The molecule has 1 fully saturated rings. The molecule has 0 aliphatic heterocycles. The van der Waals surface area contributed by atoms with Gasteiger partial charge in [-0.1, -0.05) is 6.42 Å². The van der Waals surface area contributed by atoms with Crippen LogP contribution in [0.3, 0.4) is 0 Å². The molecule has 1 aromatic heterocycles. The van der Waals surface area contributed by atoms with Crippen LogP contribution in [0.5, 0.6) is 0 Å². The molecule has 0 radical (unpaired) electrons. The number of carbonyl (C=O) groups excluding carboxylic acids is 1. The molecule has 0 atom stereocenters. The van der Waals surface area contributed by atoms with Crippen LogP contribution in [0.2, 0.25) is 0 Å². The molecule has 1 saturated carbocycles. The SMILES string of the molecule is Cc1ncncc1C(=O)OC1CCCCC1. The maximum absolute atomic E-state index is 11.8. The lowest BCUT2D eigenvalue weighted by Crippen LogP contribution is -2.21. The molecule has 4 nitrogen and oxygen atoms in total. The molecule has 0 N–H and O–H groups in total. The molecular weight excluding hydrogens is 204 g/mol. The highest BCUT2D eigenvalue weighted by Crippen LogP contribution is 2.21. The van der Waals surface area contributed by atoms with Gasteiger partial charge >= 0.3 is 5.97 Å². The fourth-order valence-electron chi connectivity index (χ4n) is 1.99. The van der Waals surface area contributed by atoms with Crippen LogP contribution in [0.25, 0.3) is 0 Å². The van der Waals surface area contributed by atoms with Crippen LogP contribution in [0.4, 0.5) is 0 Å². The minimum atomic E-state index is -0.287. The van der Waals surface area contributed by atoms with E-state index in [2.05, 4.69) is 9.97 Å². The van der Waals surface area contributed by atoms with Gasteiger partial charge in [0.1, 0.15) is 12.4 Å². The quantitative estimate of drug-likeness (QED) is 0.717. The Hall–Kier alpha value is -1.45. The molecule has 0 spiro atoms. The van der Waals surface area contributed by atoms with Gasteiger partial charge in [-0.15, -0.1) is 0 Å². The van der Waals surface area contributed by atoms with E-state index >= 15 is 0 Å². The highest BCUT2D eigenvalue weighted by Gasteiger charge is 2.20. The number of hydrogen-bond acceptors (Lipinski definition) is 4. The standard InChI is InChI=1S/C12H16N2O2/c1-9-11(7-13-8-14-9)12(15)16-10-5-3-2-4-6-10/h7-8,10H,2-6H2,1H3. The van der Waals surface area contributed by atoms with Crippen LogP contribution in [-0.4, -0.2) is 22.0 Å². The van der Waals surface area contributed by atoms with E-state index in [1.807, 2.05) is 0 Å². The molecule has 2 rings (SSSR count). The molecule has 0 aromatic carbocycles. The predicted octanol–water partition coefficient (Wildman–Crippen LogP) is 2.27. The zero-order chi connectivity index (χ0) is 11.4. The lowest BCUT2D eigenvalue weighted by molar-refractivity contribution is 0.0209. The Morgan fingerprint density at radius 2 is 2.12 bits per heavy atom. The van der Waals surface area contributed by atoms with E-state index in [0.29, 0.717) is 11.3 Å². The molecule has 1 aliphatic carbocycles.